The van der Waals surface area contributed by atoms with Crippen LogP contribution in [-0.2, 0) is 0 Å². The number of halogens is 1. The van der Waals surface area contributed by atoms with Crippen LogP contribution in [0.1, 0.15) is 10.4 Å². The Balaban J connectivity index is 2.61. The Bertz CT molecular complexity index is 538. The standard InChI is InChI=1S/C9H5BrN4O2/c10-6-1-2-8(14-11-3-4-12-14)7(5-6)9(15)13-16/h1-5H. The Morgan fingerprint density at radius 3 is 2.62 bits per heavy atom. The van der Waals surface area contributed by atoms with Crippen molar-refractivity contribution >= 4 is 21.8 Å². The van der Waals surface area contributed by atoms with Gasteiger partial charge in [-0.05, 0) is 18.2 Å². The summed E-state index contributed by atoms with van der Waals surface area (Å²) < 4.78 is 0.676. The molecule has 2 aromatic rings. The van der Waals surface area contributed by atoms with E-state index in [9.17, 15) is 9.70 Å². The van der Waals surface area contributed by atoms with E-state index in [1.165, 1.54) is 23.3 Å². The summed E-state index contributed by atoms with van der Waals surface area (Å²) in [6, 6.07) is 4.85. The van der Waals surface area contributed by atoms with Crippen molar-refractivity contribution in [3.8, 4) is 5.69 Å². The minimum atomic E-state index is -0.853. The Hall–Kier alpha value is -1.89. The molecule has 0 N–H and O–H groups in total. The van der Waals surface area contributed by atoms with Gasteiger partial charge in [0.05, 0.1) is 23.6 Å². The van der Waals surface area contributed by atoms with E-state index in [0.29, 0.717) is 10.2 Å². The van der Waals surface area contributed by atoms with Crippen molar-refractivity contribution in [1.29, 1.82) is 0 Å². The average Bonchev–Trinajstić information content (AvgIpc) is 2.81. The van der Waals surface area contributed by atoms with Crippen LogP contribution in [0.25, 0.3) is 5.69 Å². The predicted molar refractivity (Wildman–Crippen MR) is 59.2 cm³/mol. The molecule has 80 valence electrons. The molecule has 0 aliphatic heterocycles. The smallest absolute Gasteiger partial charge is 0.263 e. The highest BCUT2D eigenvalue weighted by atomic mass is 79.9. The molecule has 0 aliphatic carbocycles. The molecule has 16 heavy (non-hydrogen) atoms. The molecule has 1 aromatic carbocycles. The van der Waals surface area contributed by atoms with Gasteiger partial charge in [-0.2, -0.15) is 15.0 Å². The summed E-state index contributed by atoms with van der Waals surface area (Å²) >= 11 is 3.21. The molecule has 1 amide bonds. The largest absolute Gasteiger partial charge is 0.319 e. The lowest BCUT2D eigenvalue weighted by Gasteiger charge is -2.04. The van der Waals surface area contributed by atoms with E-state index in [1.807, 2.05) is 0 Å². The van der Waals surface area contributed by atoms with Gasteiger partial charge in [-0.3, -0.25) is 4.79 Å². The van der Waals surface area contributed by atoms with E-state index < -0.39 is 5.91 Å². The second-order valence-electron chi connectivity index (χ2n) is 2.88. The lowest BCUT2D eigenvalue weighted by Crippen LogP contribution is -2.06. The first-order valence-electron chi connectivity index (χ1n) is 4.26. The monoisotopic (exact) mass is 280 g/mol. The molecule has 2 rings (SSSR count). The maximum Gasteiger partial charge on any atom is 0.319 e. The summed E-state index contributed by atoms with van der Waals surface area (Å²) in [6.45, 7) is 0. The Morgan fingerprint density at radius 2 is 2.00 bits per heavy atom. The third kappa shape index (κ3) is 1.89. The van der Waals surface area contributed by atoms with E-state index in [-0.39, 0.29) is 5.56 Å². The van der Waals surface area contributed by atoms with Crippen LogP contribution >= 0.6 is 15.9 Å². The molecule has 0 radical (unpaired) electrons. The molecule has 0 spiro atoms. The Kier molecular flexibility index (Phi) is 2.86. The molecule has 0 fully saturated rings. The van der Waals surface area contributed by atoms with Gasteiger partial charge in [0.1, 0.15) is 0 Å². The first-order chi connectivity index (χ1) is 7.72. The molecular formula is C9H5BrN4O2. The molecule has 1 heterocycles. The molecule has 6 nitrogen and oxygen atoms in total. The lowest BCUT2D eigenvalue weighted by atomic mass is 10.2. The van der Waals surface area contributed by atoms with Gasteiger partial charge < -0.3 is 0 Å². The number of hydrogen-bond donors (Lipinski definition) is 0. The highest BCUT2D eigenvalue weighted by molar-refractivity contribution is 9.10. The van der Waals surface area contributed by atoms with Gasteiger partial charge in [-0.1, -0.05) is 15.9 Å². The first kappa shape index (κ1) is 10.6. The van der Waals surface area contributed by atoms with Crippen LogP contribution in [0.5, 0.6) is 0 Å². The van der Waals surface area contributed by atoms with Crippen LogP contribution < -0.4 is 0 Å². The van der Waals surface area contributed by atoms with Crippen molar-refractivity contribution in [3.05, 3.63) is 45.5 Å². The summed E-state index contributed by atoms with van der Waals surface area (Å²) in [4.78, 5) is 22.8. The number of aromatic nitrogens is 3. The third-order valence-corrected chi connectivity index (χ3v) is 2.40. The fourth-order valence-electron chi connectivity index (χ4n) is 1.24. The number of nitrogens with zero attached hydrogens (tertiary/aromatic N) is 4. The van der Waals surface area contributed by atoms with Crippen molar-refractivity contribution < 1.29 is 4.79 Å². The van der Waals surface area contributed by atoms with Gasteiger partial charge >= 0.3 is 5.91 Å². The second kappa shape index (κ2) is 4.31. The fraction of sp³-hybridized carbons (Fsp3) is 0. The van der Waals surface area contributed by atoms with Crippen molar-refractivity contribution in [2.75, 3.05) is 0 Å². The highest BCUT2D eigenvalue weighted by Crippen LogP contribution is 2.19. The number of carbonyl (C=O) groups is 1. The first-order valence-corrected chi connectivity index (χ1v) is 5.05. The highest BCUT2D eigenvalue weighted by Gasteiger charge is 2.14. The van der Waals surface area contributed by atoms with Crippen LogP contribution in [0.2, 0.25) is 0 Å². The van der Waals surface area contributed by atoms with Gasteiger partial charge in [0.2, 0.25) is 0 Å². The van der Waals surface area contributed by atoms with Gasteiger partial charge in [0.25, 0.3) is 0 Å². The Morgan fingerprint density at radius 1 is 1.31 bits per heavy atom. The summed E-state index contributed by atoms with van der Waals surface area (Å²) in [7, 11) is 0. The van der Waals surface area contributed by atoms with Gasteiger partial charge in [-0.25, -0.2) is 0 Å². The minimum absolute atomic E-state index is 0.153. The number of amides is 1. The van der Waals surface area contributed by atoms with Crippen LogP contribution in [0.4, 0.5) is 0 Å². The lowest BCUT2D eigenvalue weighted by molar-refractivity contribution is 0.100. The number of carbonyl (C=O) groups excluding carboxylic acids is 1. The zero-order chi connectivity index (χ0) is 11.5. The summed E-state index contributed by atoms with van der Waals surface area (Å²) in [5.74, 6) is -0.853. The number of rotatable bonds is 2. The van der Waals surface area contributed by atoms with E-state index in [2.05, 4.69) is 31.3 Å². The van der Waals surface area contributed by atoms with E-state index in [0.717, 1.165) is 0 Å². The van der Waals surface area contributed by atoms with Crippen molar-refractivity contribution in [1.82, 2.24) is 15.0 Å². The third-order valence-electron chi connectivity index (χ3n) is 1.91. The molecule has 0 unspecified atom stereocenters. The molecule has 0 saturated carbocycles. The molecule has 0 saturated heterocycles. The summed E-state index contributed by atoms with van der Waals surface area (Å²) in [5.41, 5.74) is 0.568. The molecule has 0 atom stereocenters. The number of nitroso groups, excluding NO2 is 1. The summed E-state index contributed by atoms with van der Waals surface area (Å²) in [5, 5.41) is 10.2. The van der Waals surface area contributed by atoms with Crippen LogP contribution in [-0.4, -0.2) is 20.9 Å². The molecular weight excluding hydrogens is 276 g/mol. The van der Waals surface area contributed by atoms with Gasteiger partial charge in [0, 0.05) is 9.65 Å². The predicted octanol–water partition coefficient (Wildman–Crippen LogP) is 1.94. The quantitative estimate of drug-likeness (QED) is 0.788. The van der Waals surface area contributed by atoms with Gasteiger partial charge in [-0.15, -0.1) is 4.91 Å². The van der Waals surface area contributed by atoms with Crippen molar-refractivity contribution in [3.63, 3.8) is 0 Å². The number of hydrogen-bond acceptors (Lipinski definition) is 4. The minimum Gasteiger partial charge on any atom is -0.263 e. The zero-order valence-electron chi connectivity index (χ0n) is 7.87. The Labute approximate surface area is 98.4 Å². The zero-order valence-corrected chi connectivity index (χ0v) is 9.46. The maximum absolute atomic E-state index is 11.3. The van der Waals surface area contributed by atoms with Crippen LogP contribution in [0, 0.1) is 4.91 Å². The van der Waals surface area contributed by atoms with Crippen LogP contribution in [0.3, 0.4) is 0 Å². The summed E-state index contributed by atoms with van der Waals surface area (Å²) in [6.07, 6.45) is 2.95. The number of benzene rings is 1. The van der Waals surface area contributed by atoms with Crippen LogP contribution in [0.15, 0.2) is 40.2 Å². The van der Waals surface area contributed by atoms with E-state index >= 15 is 0 Å². The normalized spacial score (nSPS) is 10.1. The molecule has 7 heteroatoms. The van der Waals surface area contributed by atoms with Gasteiger partial charge in [0.15, 0.2) is 0 Å². The van der Waals surface area contributed by atoms with Crippen molar-refractivity contribution in [2.24, 2.45) is 5.18 Å². The van der Waals surface area contributed by atoms with E-state index in [4.69, 9.17) is 0 Å². The topological polar surface area (TPSA) is 77.2 Å². The second-order valence-corrected chi connectivity index (χ2v) is 3.79. The fourth-order valence-corrected chi connectivity index (χ4v) is 1.60. The maximum atomic E-state index is 11.3. The molecule has 0 bridgehead atoms. The molecule has 0 aliphatic rings. The SMILES string of the molecule is O=NC(=O)c1cc(Br)ccc1-n1nccn1. The van der Waals surface area contributed by atoms with E-state index in [1.54, 1.807) is 12.1 Å². The average molecular weight is 281 g/mol. The molecule has 1 aromatic heterocycles. The van der Waals surface area contributed by atoms with Crippen molar-refractivity contribution in [2.45, 2.75) is 0 Å².